The van der Waals surface area contributed by atoms with Crippen molar-refractivity contribution < 1.29 is 21.6 Å². The summed E-state index contributed by atoms with van der Waals surface area (Å²) in [7, 11) is -4.00. The van der Waals surface area contributed by atoms with Crippen molar-refractivity contribution in [2.45, 2.75) is 24.4 Å². The fourth-order valence-electron chi connectivity index (χ4n) is 1.54. The average molecular weight is 389 g/mol. The molecule has 0 saturated carbocycles. The van der Waals surface area contributed by atoms with Gasteiger partial charge in [0.2, 0.25) is 10.0 Å². The molecule has 9 heteroatoms. The van der Waals surface area contributed by atoms with Crippen LogP contribution in [0.15, 0.2) is 27.6 Å². The number of sulfonamides is 1. The van der Waals surface area contributed by atoms with Gasteiger partial charge in [-0.3, -0.25) is 0 Å². The molecule has 2 N–H and O–H groups in total. The van der Waals surface area contributed by atoms with Gasteiger partial charge in [-0.1, -0.05) is 6.92 Å². The van der Waals surface area contributed by atoms with Crippen LogP contribution in [0.4, 0.5) is 13.2 Å². The highest BCUT2D eigenvalue weighted by Gasteiger charge is 2.32. The molecule has 0 bridgehead atoms. The van der Waals surface area contributed by atoms with Gasteiger partial charge in [-0.25, -0.2) is 13.1 Å². The van der Waals surface area contributed by atoms with Crippen molar-refractivity contribution in [3.05, 3.63) is 28.2 Å². The summed E-state index contributed by atoms with van der Waals surface area (Å²) in [6.45, 7) is 3.22. The molecule has 0 aliphatic heterocycles. The van der Waals surface area contributed by atoms with Crippen LogP contribution in [0.3, 0.4) is 0 Å². The first-order valence-corrected chi connectivity index (χ1v) is 8.53. The maximum absolute atomic E-state index is 12.6. The Balaban J connectivity index is 2.87. The predicted octanol–water partition coefficient (Wildman–Crippen LogP) is 2.75. The summed E-state index contributed by atoms with van der Waals surface area (Å²) in [5, 5.41) is 2.99. The molecule has 0 saturated heterocycles. The molecule has 1 aromatic carbocycles. The standard InChI is InChI=1S/C12H16BrF3N2O2S/c1-2-5-17-6-7-18-21(19,20)11-8-9(12(14,15)16)3-4-10(11)13/h3-4,8,17-18H,2,5-7H2,1H3. The number of rotatable bonds is 7. The van der Waals surface area contributed by atoms with Crippen molar-refractivity contribution in [2.75, 3.05) is 19.6 Å². The summed E-state index contributed by atoms with van der Waals surface area (Å²) in [6, 6.07) is 2.52. The van der Waals surface area contributed by atoms with Crippen molar-refractivity contribution in [3.8, 4) is 0 Å². The summed E-state index contributed by atoms with van der Waals surface area (Å²) in [4.78, 5) is -0.423. The first kappa shape index (κ1) is 18.4. The molecule has 0 atom stereocenters. The molecule has 4 nitrogen and oxygen atoms in total. The molecule has 0 unspecified atom stereocenters. The van der Waals surface area contributed by atoms with E-state index in [1.54, 1.807) is 0 Å². The SMILES string of the molecule is CCCNCCNS(=O)(=O)c1cc(C(F)(F)F)ccc1Br. The van der Waals surface area contributed by atoms with Gasteiger partial charge >= 0.3 is 6.18 Å². The van der Waals surface area contributed by atoms with Gasteiger partial charge in [-0.15, -0.1) is 0 Å². The maximum Gasteiger partial charge on any atom is 0.416 e. The van der Waals surface area contributed by atoms with E-state index >= 15 is 0 Å². The second kappa shape index (κ2) is 7.57. The molecule has 21 heavy (non-hydrogen) atoms. The molecular formula is C12H16BrF3N2O2S. The van der Waals surface area contributed by atoms with E-state index < -0.39 is 26.7 Å². The van der Waals surface area contributed by atoms with Crippen molar-refractivity contribution in [1.82, 2.24) is 10.0 Å². The number of benzene rings is 1. The molecule has 0 amide bonds. The average Bonchev–Trinajstić information content (AvgIpc) is 2.37. The molecule has 0 fully saturated rings. The summed E-state index contributed by atoms with van der Waals surface area (Å²) >= 11 is 2.96. The van der Waals surface area contributed by atoms with Crippen LogP contribution in [-0.4, -0.2) is 28.1 Å². The van der Waals surface area contributed by atoms with E-state index in [1.807, 2.05) is 6.92 Å². The highest BCUT2D eigenvalue weighted by atomic mass is 79.9. The third-order valence-electron chi connectivity index (χ3n) is 2.57. The minimum Gasteiger partial charge on any atom is -0.315 e. The molecule has 120 valence electrons. The molecule has 0 heterocycles. The predicted molar refractivity (Wildman–Crippen MR) is 77.5 cm³/mol. The number of hydrogen-bond donors (Lipinski definition) is 2. The van der Waals surface area contributed by atoms with Crippen LogP contribution in [0, 0.1) is 0 Å². The van der Waals surface area contributed by atoms with E-state index in [-0.39, 0.29) is 11.0 Å². The largest absolute Gasteiger partial charge is 0.416 e. The lowest BCUT2D eigenvalue weighted by Crippen LogP contribution is -2.32. The second-order valence-electron chi connectivity index (χ2n) is 4.29. The first-order chi connectivity index (χ1) is 9.68. The molecule has 1 aromatic rings. The zero-order valence-corrected chi connectivity index (χ0v) is 13.7. The van der Waals surface area contributed by atoms with E-state index in [1.165, 1.54) is 0 Å². The van der Waals surface area contributed by atoms with Gasteiger partial charge in [0.1, 0.15) is 0 Å². The number of alkyl halides is 3. The van der Waals surface area contributed by atoms with E-state index in [2.05, 4.69) is 26.0 Å². The van der Waals surface area contributed by atoms with Crippen molar-refractivity contribution >= 4 is 26.0 Å². The summed E-state index contributed by atoms with van der Waals surface area (Å²) in [5.74, 6) is 0. The quantitative estimate of drug-likeness (QED) is 0.706. The first-order valence-electron chi connectivity index (χ1n) is 6.25. The van der Waals surface area contributed by atoms with Gasteiger partial charge in [-0.05, 0) is 47.1 Å². The topological polar surface area (TPSA) is 58.2 Å². The van der Waals surface area contributed by atoms with Crippen LogP contribution in [0.2, 0.25) is 0 Å². The number of nitrogens with one attached hydrogen (secondary N) is 2. The van der Waals surface area contributed by atoms with E-state index in [0.29, 0.717) is 12.6 Å². The van der Waals surface area contributed by atoms with Gasteiger partial charge in [0.15, 0.2) is 0 Å². The third kappa shape index (κ3) is 5.57. The molecule has 0 aliphatic carbocycles. The molecule has 0 aliphatic rings. The highest BCUT2D eigenvalue weighted by Crippen LogP contribution is 2.33. The van der Waals surface area contributed by atoms with Crippen LogP contribution in [0.25, 0.3) is 0 Å². The summed E-state index contributed by atoms with van der Waals surface area (Å²) in [6.07, 6.45) is -3.68. The van der Waals surface area contributed by atoms with E-state index in [0.717, 1.165) is 25.1 Å². The summed E-state index contributed by atoms with van der Waals surface area (Å²) in [5.41, 5.74) is -1.00. The normalized spacial score (nSPS) is 12.6. The zero-order valence-electron chi connectivity index (χ0n) is 11.3. The zero-order chi connectivity index (χ0) is 16.1. The molecule has 1 rings (SSSR count). The van der Waals surface area contributed by atoms with Gasteiger partial charge in [-0.2, -0.15) is 13.2 Å². The number of hydrogen-bond acceptors (Lipinski definition) is 3. The molecule has 0 spiro atoms. The number of halogens is 4. The van der Waals surface area contributed by atoms with Gasteiger partial charge < -0.3 is 5.32 Å². The molecule has 0 radical (unpaired) electrons. The van der Waals surface area contributed by atoms with Crippen molar-refractivity contribution in [2.24, 2.45) is 0 Å². The Morgan fingerprint density at radius 1 is 1.19 bits per heavy atom. The van der Waals surface area contributed by atoms with Crippen LogP contribution < -0.4 is 10.0 Å². The fourth-order valence-corrected chi connectivity index (χ4v) is 3.56. The highest BCUT2D eigenvalue weighted by molar-refractivity contribution is 9.10. The monoisotopic (exact) mass is 388 g/mol. The Morgan fingerprint density at radius 3 is 2.43 bits per heavy atom. The molecular weight excluding hydrogens is 373 g/mol. The van der Waals surface area contributed by atoms with E-state index in [9.17, 15) is 21.6 Å². The van der Waals surface area contributed by atoms with Crippen LogP contribution >= 0.6 is 15.9 Å². The minimum absolute atomic E-state index is 0.0875. The maximum atomic E-state index is 12.6. The lowest BCUT2D eigenvalue weighted by Gasteiger charge is -2.12. The van der Waals surface area contributed by atoms with Crippen molar-refractivity contribution in [3.63, 3.8) is 0 Å². The van der Waals surface area contributed by atoms with Gasteiger partial charge in [0.05, 0.1) is 10.5 Å². The Bertz CT molecular complexity index is 576. The second-order valence-corrected chi connectivity index (χ2v) is 6.88. The summed E-state index contributed by atoms with van der Waals surface area (Å²) < 4.78 is 64.3. The Labute approximate surface area is 130 Å². The molecule has 0 aromatic heterocycles. The minimum atomic E-state index is -4.59. The smallest absolute Gasteiger partial charge is 0.315 e. The third-order valence-corrected chi connectivity index (χ3v) is 5.02. The Morgan fingerprint density at radius 2 is 1.86 bits per heavy atom. The van der Waals surface area contributed by atoms with Crippen molar-refractivity contribution in [1.29, 1.82) is 0 Å². The van der Waals surface area contributed by atoms with Gasteiger partial charge in [0.25, 0.3) is 0 Å². The van der Waals surface area contributed by atoms with E-state index in [4.69, 9.17) is 0 Å². The Hall–Kier alpha value is -0.640. The van der Waals surface area contributed by atoms with Crippen LogP contribution in [-0.2, 0) is 16.2 Å². The fraction of sp³-hybridized carbons (Fsp3) is 0.500. The lowest BCUT2D eigenvalue weighted by atomic mass is 10.2. The van der Waals surface area contributed by atoms with Crippen LogP contribution in [0.5, 0.6) is 0 Å². The lowest BCUT2D eigenvalue weighted by molar-refractivity contribution is -0.137. The Kier molecular flexibility index (Phi) is 6.64. The van der Waals surface area contributed by atoms with Gasteiger partial charge in [0, 0.05) is 17.6 Å². The van der Waals surface area contributed by atoms with Crippen LogP contribution in [0.1, 0.15) is 18.9 Å².